The fraction of sp³-hybridized carbons (Fsp3) is 0.250. The highest BCUT2D eigenvalue weighted by molar-refractivity contribution is 7.94. The van der Waals surface area contributed by atoms with Gasteiger partial charge in [-0.25, -0.2) is 12.8 Å². The Kier molecular flexibility index (Phi) is 3.47. The first-order valence-electron chi connectivity index (χ1n) is 5.41. The maximum atomic E-state index is 12.6. The monoisotopic (exact) mass is 269 g/mol. The molecular formula is C12H12FNO3S. The number of nitrogens with one attached hydrogen (secondary N) is 1. The second-order valence-corrected chi connectivity index (χ2v) is 6.11. The topological polar surface area (TPSA) is 63.2 Å². The highest BCUT2D eigenvalue weighted by Gasteiger charge is 2.23. The molecule has 1 aromatic carbocycles. The molecule has 1 aromatic rings. The molecule has 1 heterocycles. The highest BCUT2D eigenvalue weighted by atomic mass is 32.2. The number of carbonyl (C=O) groups excluding carboxylic acids is 1. The minimum absolute atomic E-state index is 0.0240. The molecule has 1 atom stereocenters. The van der Waals surface area contributed by atoms with Crippen molar-refractivity contribution < 1.29 is 17.6 Å². The largest absolute Gasteiger partial charge is 0.326 e. The summed E-state index contributed by atoms with van der Waals surface area (Å²) in [7, 11) is -3.13. The zero-order valence-corrected chi connectivity index (χ0v) is 10.3. The first-order chi connectivity index (χ1) is 8.44. The van der Waals surface area contributed by atoms with Crippen molar-refractivity contribution >= 4 is 21.4 Å². The average molecular weight is 269 g/mol. The minimum Gasteiger partial charge on any atom is -0.326 e. The first-order valence-corrected chi connectivity index (χ1v) is 7.12. The molecule has 6 heteroatoms. The second-order valence-electron chi connectivity index (χ2n) is 4.18. The van der Waals surface area contributed by atoms with Crippen LogP contribution in [-0.4, -0.2) is 20.1 Å². The van der Waals surface area contributed by atoms with Crippen LogP contribution < -0.4 is 5.32 Å². The Morgan fingerprint density at radius 3 is 2.56 bits per heavy atom. The standard InChI is InChI=1S/C12H12FNO3S/c13-10-1-3-11(4-2-10)14-12(15)7-9-5-6-18(16,17)8-9/h1-6,9H,7-8H2,(H,14,15)/t9-/m0/s1. The molecule has 1 amide bonds. The van der Waals surface area contributed by atoms with Gasteiger partial charge in [-0.05, 0) is 24.3 Å². The maximum Gasteiger partial charge on any atom is 0.224 e. The van der Waals surface area contributed by atoms with Crippen molar-refractivity contribution in [1.29, 1.82) is 0 Å². The van der Waals surface area contributed by atoms with Crippen LogP contribution >= 0.6 is 0 Å². The second kappa shape index (κ2) is 4.89. The SMILES string of the molecule is O=C(C[C@@H]1C=CS(=O)(=O)C1)Nc1ccc(F)cc1. The van der Waals surface area contributed by atoms with Gasteiger partial charge < -0.3 is 5.32 Å². The quantitative estimate of drug-likeness (QED) is 0.908. The number of amides is 1. The summed E-state index contributed by atoms with van der Waals surface area (Å²) < 4.78 is 35.0. The van der Waals surface area contributed by atoms with Crippen LogP contribution in [0.1, 0.15) is 6.42 Å². The van der Waals surface area contributed by atoms with Crippen LogP contribution in [0, 0.1) is 11.7 Å². The van der Waals surface area contributed by atoms with Crippen LogP contribution in [-0.2, 0) is 14.6 Å². The molecule has 96 valence electrons. The van der Waals surface area contributed by atoms with Crippen LogP contribution in [0.2, 0.25) is 0 Å². The average Bonchev–Trinajstić information content (AvgIpc) is 2.61. The molecule has 4 nitrogen and oxygen atoms in total. The number of sulfone groups is 1. The lowest BCUT2D eigenvalue weighted by molar-refractivity contribution is -0.116. The van der Waals surface area contributed by atoms with Crippen molar-refractivity contribution in [1.82, 2.24) is 0 Å². The molecule has 0 aliphatic carbocycles. The van der Waals surface area contributed by atoms with Gasteiger partial charge in [0.15, 0.2) is 9.84 Å². The maximum absolute atomic E-state index is 12.6. The molecule has 0 bridgehead atoms. The highest BCUT2D eigenvalue weighted by Crippen LogP contribution is 2.19. The van der Waals surface area contributed by atoms with Crippen LogP contribution in [0.15, 0.2) is 35.7 Å². The summed E-state index contributed by atoms with van der Waals surface area (Å²) in [5.74, 6) is -0.967. The van der Waals surface area contributed by atoms with Gasteiger partial charge in [-0.1, -0.05) is 6.08 Å². The summed E-state index contributed by atoms with van der Waals surface area (Å²) in [6.07, 6.45) is 1.63. The molecule has 0 unspecified atom stereocenters. The lowest BCUT2D eigenvalue weighted by atomic mass is 10.1. The number of halogens is 1. The van der Waals surface area contributed by atoms with Gasteiger partial charge in [-0.2, -0.15) is 0 Å². The molecule has 1 aliphatic rings. The third-order valence-corrected chi connectivity index (χ3v) is 4.04. The normalized spacial score (nSPS) is 20.8. The predicted molar refractivity (Wildman–Crippen MR) is 66.1 cm³/mol. The van der Waals surface area contributed by atoms with Gasteiger partial charge in [0.05, 0.1) is 5.75 Å². The zero-order valence-electron chi connectivity index (χ0n) is 9.47. The summed E-state index contributed by atoms with van der Waals surface area (Å²) in [6.45, 7) is 0. The molecular weight excluding hydrogens is 257 g/mol. The van der Waals surface area contributed by atoms with E-state index >= 15 is 0 Å². The third-order valence-electron chi connectivity index (χ3n) is 2.58. The van der Waals surface area contributed by atoms with E-state index in [0.29, 0.717) is 5.69 Å². The van der Waals surface area contributed by atoms with Crippen LogP contribution in [0.25, 0.3) is 0 Å². The molecule has 0 saturated heterocycles. The Morgan fingerprint density at radius 2 is 2.00 bits per heavy atom. The Balaban J connectivity index is 1.90. The molecule has 18 heavy (non-hydrogen) atoms. The first kappa shape index (κ1) is 12.8. The van der Waals surface area contributed by atoms with E-state index in [1.807, 2.05) is 0 Å². The van der Waals surface area contributed by atoms with E-state index in [4.69, 9.17) is 0 Å². The van der Waals surface area contributed by atoms with E-state index in [9.17, 15) is 17.6 Å². The number of benzene rings is 1. The van der Waals surface area contributed by atoms with E-state index < -0.39 is 9.84 Å². The molecule has 1 N–H and O–H groups in total. The van der Waals surface area contributed by atoms with Crippen molar-refractivity contribution in [2.75, 3.05) is 11.1 Å². The Morgan fingerprint density at radius 1 is 1.33 bits per heavy atom. The molecule has 0 radical (unpaired) electrons. The van der Waals surface area contributed by atoms with Gasteiger partial charge >= 0.3 is 0 Å². The Labute approximate surface area is 104 Å². The molecule has 0 saturated carbocycles. The third kappa shape index (κ3) is 3.40. The summed E-state index contributed by atoms with van der Waals surface area (Å²) in [5.41, 5.74) is 0.492. The Hall–Kier alpha value is -1.69. The predicted octanol–water partition coefficient (Wildman–Crippen LogP) is 1.71. The van der Waals surface area contributed by atoms with E-state index in [1.54, 1.807) is 0 Å². The van der Waals surface area contributed by atoms with Crippen molar-refractivity contribution in [3.63, 3.8) is 0 Å². The van der Waals surface area contributed by atoms with Gasteiger partial charge in [-0.15, -0.1) is 0 Å². The number of hydrogen-bond acceptors (Lipinski definition) is 3. The zero-order chi connectivity index (χ0) is 13.2. The van der Waals surface area contributed by atoms with Crippen LogP contribution in [0.3, 0.4) is 0 Å². The number of hydrogen-bond donors (Lipinski definition) is 1. The molecule has 1 aliphatic heterocycles. The van der Waals surface area contributed by atoms with Crippen molar-refractivity contribution in [2.24, 2.45) is 5.92 Å². The van der Waals surface area contributed by atoms with Crippen LogP contribution in [0.4, 0.5) is 10.1 Å². The van der Waals surface area contributed by atoms with Crippen molar-refractivity contribution in [3.8, 4) is 0 Å². The van der Waals surface area contributed by atoms with Crippen molar-refractivity contribution in [2.45, 2.75) is 6.42 Å². The summed E-state index contributed by atoms with van der Waals surface area (Å²) in [6, 6.07) is 5.40. The fourth-order valence-corrected chi connectivity index (χ4v) is 3.15. The van der Waals surface area contributed by atoms with Gasteiger partial charge in [0, 0.05) is 23.4 Å². The van der Waals surface area contributed by atoms with Gasteiger partial charge in [0.1, 0.15) is 5.82 Å². The molecule has 0 fully saturated rings. The smallest absolute Gasteiger partial charge is 0.224 e. The lowest BCUT2D eigenvalue weighted by Gasteiger charge is -2.08. The summed E-state index contributed by atoms with van der Waals surface area (Å²) in [5, 5.41) is 3.73. The van der Waals surface area contributed by atoms with Crippen LogP contribution in [0.5, 0.6) is 0 Å². The molecule has 0 aromatic heterocycles. The van der Waals surface area contributed by atoms with E-state index in [-0.39, 0.29) is 29.8 Å². The number of allylic oxidation sites excluding steroid dienone is 1. The van der Waals surface area contributed by atoms with Gasteiger partial charge in [0.25, 0.3) is 0 Å². The van der Waals surface area contributed by atoms with E-state index in [2.05, 4.69) is 5.32 Å². The number of rotatable bonds is 3. The lowest BCUT2D eigenvalue weighted by Crippen LogP contribution is -2.17. The van der Waals surface area contributed by atoms with Crippen molar-refractivity contribution in [3.05, 3.63) is 41.6 Å². The number of anilines is 1. The molecule has 0 spiro atoms. The van der Waals surface area contributed by atoms with Gasteiger partial charge in [-0.3, -0.25) is 4.79 Å². The Bertz CT molecular complexity index is 578. The number of carbonyl (C=O) groups is 1. The van der Waals surface area contributed by atoms with E-state index in [0.717, 1.165) is 5.41 Å². The minimum atomic E-state index is -3.13. The van der Waals surface area contributed by atoms with Gasteiger partial charge in [0.2, 0.25) is 5.91 Å². The summed E-state index contributed by atoms with van der Waals surface area (Å²) in [4.78, 5) is 11.6. The fourth-order valence-electron chi connectivity index (χ4n) is 1.75. The molecule has 2 rings (SSSR count). The van der Waals surface area contributed by atoms with E-state index in [1.165, 1.54) is 30.3 Å². The summed E-state index contributed by atoms with van der Waals surface area (Å²) >= 11 is 0.